The maximum Gasteiger partial charge on any atom is 0.410 e. The lowest BCUT2D eigenvalue weighted by Gasteiger charge is -2.34. The Labute approximate surface area is 126 Å². The molecule has 0 spiro atoms. The molecule has 2 heterocycles. The first-order valence-electron chi connectivity index (χ1n) is 7.54. The smallest absolute Gasteiger partial charge is 0.410 e. The predicted octanol–water partition coefficient (Wildman–Crippen LogP) is 2.57. The first kappa shape index (κ1) is 15.8. The van der Waals surface area contributed by atoms with E-state index in [0.717, 1.165) is 25.9 Å². The van der Waals surface area contributed by atoms with Gasteiger partial charge in [0, 0.05) is 38.1 Å². The minimum Gasteiger partial charge on any atom is -0.444 e. The van der Waals surface area contributed by atoms with E-state index in [9.17, 15) is 4.79 Å². The van der Waals surface area contributed by atoms with Crippen molar-refractivity contribution in [2.24, 2.45) is 0 Å². The number of nitrogens with one attached hydrogen (secondary N) is 1. The molecule has 2 rings (SSSR count). The number of ether oxygens (including phenoxy) is 1. The van der Waals surface area contributed by atoms with Crippen molar-refractivity contribution < 1.29 is 9.53 Å². The molecule has 1 atom stereocenters. The number of aromatic nitrogens is 1. The molecule has 0 bridgehead atoms. The molecule has 0 radical (unpaired) electrons. The lowest BCUT2D eigenvalue weighted by atomic mass is 10.1. The summed E-state index contributed by atoms with van der Waals surface area (Å²) in [5, 5.41) is 3.51. The average molecular weight is 291 g/mol. The van der Waals surface area contributed by atoms with Gasteiger partial charge in [-0.05, 0) is 51.3 Å². The van der Waals surface area contributed by atoms with Crippen LogP contribution in [0.1, 0.15) is 39.2 Å². The minimum atomic E-state index is -0.436. The van der Waals surface area contributed by atoms with E-state index in [0.29, 0.717) is 12.6 Å². The van der Waals surface area contributed by atoms with Crippen LogP contribution in [0.5, 0.6) is 0 Å². The highest BCUT2D eigenvalue weighted by molar-refractivity contribution is 5.68. The number of amides is 1. The standard InChI is InChI=1S/C16H25N3O2/c1-16(2,3)21-15(20)19-10-4-5-14(12-19)18-11-13-6-8-17-9-7-13/h6-9,14,18H,4-5,10-12H2,1-3H3. The second-order valence-electron chi connectivity index (χ2n) is 6.50. The van der Waals surface area contributed by atoms with E-state index in [1.807, 2.05) is 32.9 Å². The highest BCUT2D eigenvalue weighted by Crippen LogP contribution is 2.15. The lowest BCUT2D eigenvalue weighted by molar-refractivity contribution is 0.0187. The summed E-state index contributed by atoms with van der Waals surface area (Å²) in [4.78, 5) is 17.9. The van der Waals surface area contributed by atoms with Gasteiger partial charge in [-0.15, -0.1) is 0 Å². The van der Waals surface area contributed by atoms with Gasteiger partial charge in [0.25, 0.3) is 0 Å². The van der Waals surface area contributed by atoms with E-state index >= 15 is 0 Å². The lowest BCUT2D eigenvalue weighted by Crippen LogP contribution is -2.49. The molecule has 21 heavy (non-hydrogen) atoms. The van der Waals surface area contributed by atoms with Crippen molar-refractivity contribution in [3.05, 3.63) is 30.1 Å². The molecule has 1 N–H and O–H groups in total. The van der Waals surface area contributed by atoms with Crippen LogP contribution in [-0.2, 0) is 11.3 Å². The zero-order valence-electron chi connectivity index (χ0n) is 13.1. The van der Waals surface area contributed by atoms with E-state index in [2.05, 4.69) is 10.3 Å². The number of rotatable bonds is 3. The monoisotopic (exact) mass is 291 g/mol. The minimum absolute atomic E-state index is 0.210. The molecule has 5 heteroatoms. The molecule has 1 amide bonds. The summed E-state index contributed by atoms with van der Waals surface area (Å²) in [6.07, 6.45) is 5.48. The van der Waals surface area contributed by atoms with Gasteiger partial charge >= 0.3 is 6.09 Å². The zero-order chi connectivity index (χ0) is 15.3. The van der Waals surface area contributed by atoms with Crippen molar-refractivity contribution >= 4 is 6.09 Å². The molecule has 5 nitrogen and oxygen atoms in total. The van der Waals surface area contributed by atoms with Gasteiger partial charge in [-0.2, -0.15) is 0 Å². The molecule has 116 valence electrons. The fourth-order valence-electron chi connectivity index (χ4n) is 2.40. The van der Waals surface area contributed by atoms with Crippen LogP contribution in [-0.4, -0.2) is 40.7 Å². The van der Waals surface area contributed by atoms with Gasteiger partial charge < -0.3 is 15.0 Å². The van der Waals surface area contributed by atoms with Gasteiger partial charge in [-0.25, -0.2) is 4.79 Å². The Morgan fingerprint density at radius 1 is 1.43 bits per heavy atom. The fourth-order valence-corrected chi connectivity index (χ4v) is 2.40. The van der Waals surface area contributed by atoms with Crippen molar-refractivity contribution in [3.8, 4) is 0 Å². The third-order valence-electron chi connectivity index (χ3n) is 3.42. The molecule has 1 fully saturated rings. The Morgan fingerprint density at radius 2 is 2.14 bits per heavy atom. The molecule has 1 unspecified atom stereocenters. The van der Waals surface area contributed by atoms with Crippen LogP contribution < -0.4 is 5.32 Å². The van der Waals surface area contributed by atoms with Crippen molar-refractivity contribution in [1.82, 2.24) is 15.2 Å². The number of hydrogen-bond donors (Lipinski definition) is 1. The van der Waals surface area contributed by atoms with E-state index < -0.39 is 5.60 Å². The first-order valence-corrected chi connectivity index (χ1v) is 7.54. The van der Waals surface area contributed by atoms with Crippen molar-refractivity contribution in [2.45, 2.75) is 51.8 Å². The average Bonchev–Trinajstić information content (AvgIpc) is 2.45. The van der Waals surface area contributed by atoms with Crippen LogP contribution in [0.3, 0.4) is 0 Å². The van der Waals surface area contributed by atoms with Crippen LogP contribution in [0.2, 0.25) is 0 Å². The topological polar surface area (TPSA) is 54.5 Å². The number of likely N-dealkylation sites (tertiary alicyclic amines) is 1. The Hall–Kier alpha value is -1.62. The second kappa shape index (κ2) is 6.89. The van der Waals surface area contributed by atoms with Gasteiger partial charge in [0.2, 0.25) is 0 Å². The maximum atomic E-state index is 12.1. The zero-order valence-corrected chi connectivity index (χ0v) is 13.1. The molecular weight excluding hydrogens is 266 g/mol. The number of piperidine rings is 1. The highest BCUT2D eigenvalue weighted by atomic mass is 16.6. The largest absolute Gasteiger partial charge is 0.444 e. The molecule has 0 aromatic carbocycles. The number of nitrogens with zero attached hydrogens (tertiary/aromatic N) is 2. The van der Waals surface area contributed by atoms with Crippen LogP contribution in [0.25, 0.3) is 0 Å². The third kappa shape index (κ3) is 5.34. The Bertz CT molecular complexity index is 456. The summed E-state index contributed by atoms with van der Waals surface area (Å²) in [6, 6.07) is 4.32. The van der Waals surface area contributed by atoms with Gasteiger partial charge in [0.15, 0.2) is 0 Å². The summed E-state index contributed by atoms with van der Waals surface area (Å²) >= 11 is 0. The summed E-state index contributed by atoms with van der Waals surface area (Å²) in [7, 11) is 0. The maximum absolute atomic E-state index is 12.1. The summed E-state index contributed by atoms with van der Waals surface area (Å²) in [5.74, 6) is 0. The van der Waals surface area contributed by atoms with Crippen molar-refractivity contribution in [3.63, 3.8) is 0 Å². The van der Waals surface area contributed by atoms with E-state index in [1.165, 1.54) is 5.56 Å². The normalized spacial score (nSPS) is 19.4. The third-order valence-corrected chi connectivity index (χ3v) is 3.42. The van der Waals surface area contributed by atoms with Crippen molar-refractivity contribution in [1.29, 1.82) is 0 Å². The van der Waals surface area contributed by atoms with Crippen LogP contribution in [0, 0.1) is 0 Å². The first-order chi connectivity index (χ1) is 9.94. The van der Waals surface area contributed by atoms with E-state index in [-0.39, 0.29) is 6.09 Å². The number of pyridine rings is 1. The van der Waals surface area contributed by atoms with Gasteiger partial charge in [0.1, 0.15) is 5.60 Å². The summed E-state index contributed by atoms with van der Waals surface area (Å²) in [5.41, 5.74) is 0.772. The Balaban J connectivity index is 1.82. The van der Waals surface area contributed by atoms with E-state index in [1.54, 1.807) is 17.3 Å². The van der Waals surface area contributed by atoms with E-state index in [4.69, 9.17) is 4.74 Å². The molecule has 1 aromatic rings. The molecule has 0 aliphatic carbocycles. The Kier molecular flexibility index (Phi) is 5.17. The number of carbonyl (C=O) groups is 1. The summed E-state index contributed by atoms with van der Waals surface area (Å²) < 4.78 is 5.44. The van der Waals surface area contributed by atoms with Gasteiger partial charge in [-0.1, -0.05) is 0 Å². The fraction of sp³-hybridized carbons (Fsp3) is 0.625. The van der Waals surface area contributed by atoms with Crippen LogP contribution in [0.15, 0.2) is 24.5 Å². The molecule has 1 aliphatic heterocycles. The Morgan fingerprint density at radius 3 is 2.81 bits per heavy atom. The molecule has 0 saturated carbocycles. The molecule has 1 aromatic heterocycles. The quantitative estimate of drug-likeness (QED) is 0.930. The molecule has 1 aliphatic rings. The summed E-state index contributed by atoms with van der Waals surface area (Å²) in [6.45, 7) is 7.98. The highest BCUT2D eigenvalue weighted by Gasteiger charge is 2.27. The molecular formula is C16H25N3O2. The van der Waals surface area contributed by atoms with Gasteiger partial charge in [0.05, 0.1) is 0 Å². The van der Waals surface area contributed by atoms with Crippen LogP contribution >= 0.6 is 0 Å². The number of carbonyl (C=O) groups excluding carboxylic acids is 1. The number of hydrogen-bond acceptors (Lipinski definition) is 4. The van der Waals surface area contributed by atoms with Crippen molar-refractivity contribution in [2.75, 3.05) is 13.1 Å². The van der Waals surface area contributed by atoms with Crippen LogP contribution in [0.4, 0.5) is 4.79 Å². The molecule has 1 saturated heterocycles. The SMILES string of the molecule is CC(C)(C)OC(=O)N1CCCC(NCc2ccncc2)C1. The van der Waals surface area contributed by atoms with Gasteiger partial charge in [-0.3, -0.25) is 4.98 Å². The predicted molar refractivity (Wildman–Crippen MR) is 81.9 cm³/mol. The second-order valence-corrected chi connectivity index (χ2v) is 6.50.